The van der Waals surface area contributed by atoms with Crippen molar-refractivity contribution in [2.24, 2.45) is 0 Å². The number of carbonyl (C=O) groups excluding carboxylic acids is 3. The lowest BCUT2D eigenvalue weighted by atomic mass is 9.85. The third-order valence-corrected chi connectivity index (χ3v) is 4.51. The number of nitriles is 1. The van der Waals surface area contributed by atoms with Gasteiger partial charge >= 0.3 is 12.2 Å². The van der Waals surface area contributed by atoms with Crippen LogP contribution >= 0.6 is 0 Å². The van der Waals surface area contributed by atoms with Crippen LogP contribution in [0.2, 0.25) is 0 Å². The van der Waals surface area contributed by atoms with Crippen molar-refractivity contribution in [1.29, 1.82) is 5.26 Å². The summed E-state index contributed by atoms with van der Waals surface area (Å²) in [5, 5.41) is 11.1. The van der Waals surface area contributed by atoms with Crippen LogP contribution in [0.4, 0.5) is 19.7 Å². The maximum Gasteiger partial charge on any atom is 0.433 e. The molecule has 146 valence electrons. The minimum Gasteiger partial charge on any atom is -0.448 e. The summed E-state index contributed by atoms with van der Waals surface area (Å²) >= 11 is 0. The van der Waals surface area contributed by atoms with Crippen LogP contribution in [0, 0.1) is 17.1 Å². The SMILES string of the molecule is CCOC(=O)N1C=C(C#N)C2(C(=O)N(C)c3ccc(F)cc32)N1C(=O)OCC. The number of halogens is 1. The minimum absolute atomic E-state index is 0.00616. The summed E-state index contributed by atoms with van der Waals surface area (Å²) < 4.78 is 24.0. The molecule has 0 fully saturated rings. The Kier molecular flexibility index (Phi) is 4.68. The molecular formula is C18H17FN4O5. The van der Waals surface area contributed by atoms with Gasteiger partial charge in [0.15, 0.2) is 0 Å². The number of amides is 3. The number of hydrogen-bond donors (Lipinski definition) is 0. The molecule has 0 aliphatic carbocycles. The van der Waals surface area contributed by atoms with E-state index in [4.69, 9.17) is 9.47 Å². The van der Waals surface area contributed by atoms with Gasteiger partial charge in [0.1, 0.15) is 5.82 Å². The van der Waals surface area contributed by atoms with Gasteiger partial charge < -0.3 is 14.4 Å². The Hall–Kier alpha value is -3.61. The van der Waals surface area contributed by atoms with Gasteiger partial charge in [-0.25, -0.2) is 14.0 Å². The number of fused-ring (bicyclic) bond motifs is 2. The molecule has 10 heteroatoms. The van der Waals surface area contributed by atoms with E-state index in [0.717, 1.165) is 18.3 Å². The van der Waals surface area contributed by atoms with Crippen LogP contribution in [0.15, 0.2) is 30.0 Å². The van der Waals surface area contributed by atoms with E-state index in [1.165, 1.54) is 18.0 Å². The highest BCUT2D eigenvalue weighted by molar-refractivity contribution is 6.12. The highest BCUT2D eigenvalue weighted by Gasteiger charge is 2.65. The fourth-order valence-corrected chi connectivity index (χ4v) is 3.42. The molecule has 1 spiro atoms. The molecule has 0 bridgehead atoms. The van der Waals surface area contributed by atoms with E-state index in [1.54, 1.807) is 13.8 Å². The van der Waals surface area contributed by atoms with E-state index in [0.29, 0.717) is 15.7 Å². The number of hydrazine groups is 1. The van der Waals surface area contributed by atoms with Crippen molar-refractivity contribution in [3.63, 3.8) is 0 Å². The van der Waals surface area contributed by atoms with Crippen LogP contribution in [-0.4, -0.2) is 48.4 Å². The zero-order chi connectivity index (χ0) is 20.6. The average Bonchev–Trinajstić information content (AvgIpc) is 3.12. The van der Waals surface area contributed by atoms with Crippen LogP contribution in [-0.2, 0) is 19.8 Å². The summed E-state index contributed by atoms with van der Waals surface area (Å²) in [6.45, 7) is 3.05. The largest absolute Gasteiger partial charge is 0.448 e. The molecule has 3 amide bonds. The molecule has 0 aromatic heterocycles. The molecule has 0 saturated carbocycles. The van der Waals surface area contributed by atoms with Gasteiger partial charge in [-0.15, -0.1) is 0 Å². The summed E-state index contributed by atoms with van der Waals surface area (Å²) in [6, 6.07) is 5.43. The Morgan fingerprint density at radius 2 is 1.86 bits per heavy atom. The first-order chi connectivity index (χ1) is 13.3. The second-order valence-corrected chi connectivity index (χ2v) is 5.94. The Labute approximate surface area is 160 Å². The van der Waals surface area contributed by atoms with E-state index in [1.807, 2.05) is 6.07 Å². The van der Waals surface area contributed by atoms with E-state index >= 15 is 0 Å². The van der Waals surface area contributed by atoms with Gasteiger partial charge in [-0.1, -0.05) is 0 Å². The van der Waals surface area contributed by atoms with Crippen molar-refractivity contribution in [2.75, 3.05) is 25.2 Å². The molecule has 1 atom stereocenters. The standard InChI is InChI=1S/C18H17FN4O5/c1-4-27-16(25)22-10-11(9-20)18(23(22)17(26)28-5-2)13-8-12(19)6-7-14(13)21(3)15(18)24/h6-8,10H,4-5H2,1-3H3. The Morgan fingerprint density at radius 1 is 1.21 bits per heavy atom. The van der Waals surface area contributed by atoms with Crippen molar-refractivity contribution in [1.82, 2.24) is 10.0 Å². The van der Waals surface area contributed by atoms with E-state index in [2.05, 4.69) is 0 Å². The lowest BCUT2D eigenvalue weighted by Crippen LogP contribution is -2.58. The lowest BCUT2D eigenvalue weighted by Gasteiger charge is -2.36. The number of likely N-dealkylation sites (N-methyl/N-ethyl adjacent to an activating group) is 1. The van der Waals surface area contributed by atoms with E-state index in [9.17, 15) is 24.0 Å². The van der Waals surface area contributed by atoms with Crippen molar-refractivity contribution in [3.8, 4) is 6.07 Å². The predicted octanol–water partition coefficient (Wildman–Crippen LogP) is 2.25. The fraction of sp³-hybridized carbons (Fsp3) is 0.333. The second kappa shape index (κ2) is 6.84. The lowest BCUT2D eigenvalue weighted by molar-refractivity contribution is -0.131. The average molecular weight is 388 g/mol. The minimum atomic E-state index is -2.07. The van der Waals surface area contributed by atoms with Gasteiger partial charge in [0, 0.05) is 12.6 Å². The smallest absolute Gasteiger partial charge is 0.433 e. The first kappa shape index (κ1) is 19.2. The van der Waals surface area contributed by atoms with Crippen LogP contribution < -0.4 is 4.90 Å². The van der Waals surface area contributed by atoms with Crippen molar-refractivity contribution >= 4 is 23.8 Å². The Bertz CT molecular complexity index is 940. The van der Waals surface area contributed by atoms with Crippen molar-refractivity contribution < 1.29 is 28.2 Å². The Balaban J connectivity index is 2.30. The fourth-order valence-electron chi connectivity index (χ4n) is 3.42. The summed E-state index contributed by atoms with van der Waals surface area (Å²) in [6.07, 6.45) is -1.02. The molecule has 1 aromatic rings. The molecular weight excluding hydrogens is 371 g/mol. The molecule has 2 aliphatic heterocycles. The predicted molar refractivity (Wildman–Crippen MR) is 92.9 cm³/mol. The Morgan fingerprint density at radius 3 is 2.46 bits per heavy atom. The maximum absolute atomic E-state index is 14.1. The monoisotopic (exact) mass is 388 g/mol. The molecule has 3 rings (SSSR count). The molecule has 2 aliphatic rings. The van der Waals surface area contributed by atoms with E-state index in [-0.39, 0.29) is 24.4 Å². The van der Waals surface area contributed by atoms with Crippen LogP contribution in [0.25, 0.3) is 0 Å². The summed E-state index contributed by atoms with van der Waals surface area (Å²) in [5.74, 6) is -1.38. The number of carbonyl (C=O) groups is 3. The van der Waals surface area contributed by atoms with Gasteiger partial charge in [-0.2, -0.15) is 15.3 Å². The highest BCUT2D eigenvalue weighted by atomic mass is 19.1. The second-order valence-electron chi connectivity index (χ2n) is 5.94. The number of anilines is 1. The quantitative estimate of drug-likeness (QED) is 0.770. The number of hydrogen-bond acceptors (Lipinski definition) is 6. The third kappa shape index (κ3) is 2.40. The summed E-state index contributed by atoms with van der Waals surface area (Å²) in [5.41, 5.74) is -1.96. The molecule has 1 aromatic carbocycles. The topological polar surface area (TPSA) is 103 Å². The molecule has 0 saturated heterocycles. The molecule has 0 N–H and O–H groups in total. The van der Waals surface area contributed by atoms with Gasteiger partial charge in [0.25, 0.3) is 5.91 Å². The molecule has 0 radical (unpaired) electrons. The number of nitrogens with zero attached hydrogens (tertiary/aromatic N) is 4. The summed E-state index contributed by atoms with van der Waals surface area (Å²) in [4.78, 5) is 39.7. The first-order valence-corrected chi connectivity index (χ1v) is 8.47. The van der Waals surface area contributed by atoms with Gasteiger partial charge in [-0.3, -0.25) is 4.79 Å². The summed E-state index contributed by atoms with van der Waals surface area (Å²) in [7, 11) is 1.43. The molecule has 2 heterocycles. The van der Waals surface area contributed by atoms with E-state index < -0.39 is 29.4 Å². The number of rotatable bonds is 2. The normalized spacial score (nSPS) is 20.2. The van der Waals surface area contributed by atoms with Crippen molar-refractivity contribution in [2.45, 2.75) is 19.4 Å². The zero-order valence-corrected chi connectivity index (χ0v) is 15.4. The van der Waals surface area contributed by atoms with Crippen LogP contribution in [0.1, 0.15) is 19.4 Å². The number of benzene rings is 1. The van der Waals surface area contributed by atoms with Gasteiger partial charge in [0.05, 0.1) is 36.7 Å². The van der Waals surface area contributed by atoms with Crippen molar-refractivity contribution in [3.05, 3.63) is 41.4 Å². The van der Waals surface area contributed by atoms with Crippen LogP contribution in [0.5, 0.6) is 0 Å². The maximum atomic E-state index is 14.1. The van der Waals surface area contributed by atoms with Crippen LogP contribution in [0.3, 0.4) is 0 Å². The first-order valence-electron chi connectivity index (χ1n) is 8.47. The number of ether oxygens (including phenoxy) is 2. The zero-order valence-electron chi connectivity index (χ0n) is 15.4. The van der Waals surface area contributed by atoms with Gasteiger partial charge in [-0.05, 0) is 32.0 Å². The highest BCUT2D eigenvalue weighted by Crippen LogP contribution is 2.52. The molecule has 28 heavy (non-hydrogen) atoms. The molecule has 1 unspecified atom stereocenters. The molecule has 9 nitrogen and oxygen atoms in total. The third-order valence-electron chi connectivity index (χ3n) is 4.51. The van der Waals surface area contributed by atoms with Gasteiger partial charge in [0.2, 0.25) is 5.54 Å².